The molecule has 0 unspecified atom stereocenters. The van der Waals surface area contributed by atoms with Crippen LogP contribution in [0.1, 0.15) is 47.5 Å². The van der Waals surface area contributed by atoms with Gasteiger partial charge in [0.1, 0.15) is 0 Å². The first kappa shape index (κ1) is 14.4. The minimum absolute atomic E-state index is 0.151. The number of amides is 1. The highest BCUT2D eigenvalue weighted by Crippen LogP contribution is 2.07. The fourth-order valence-corrected chi connectivity index (χ4v) is 1.33. The van der Waals surface area contributed by atoms with Gasteiger partial charge in [0.2, 0.25) is 5.91 Å². The highest BCUT2D eigenvalue weighted by molar-refractivity contribution is 5.76. The molecule has 0 bridgehead atoms. The molecule has 0 rings (SSSR count). The van der Waals surface area contributed by atoms with Crippen LogP contribution >= 0.6 is 0 Å². The van der Waals surface area contributed by atoms with Gasteiger partial charge in [-0.15, -0.1) is 0 Å². The van der Waals surface area contributed by atoms with Crippen LogP contribution in [0.15, 0.2) is 0 Å². The van der Waals surface area contributed by atoms with Gasteiger partial charge in [-0.05, 0) is 34.1 Å². The summed E-state index contributed by atoms with van der Waals surface area (Å²) in [5, 5.41) is 0. The zero-order chi connectivity index (χ0) is 11.9. The number of carbonyl (C=O) groups excluding carboxylic acids is 1. The average Bonchev–Trinajstić information content (AvgIpc) is 2.11. The van der Waals surface area contributed by atoms with Crippen LogP contribution in [0.25, 0.3) is 0 Å². The predicted molar refractivity (Wildman–Crippen MR) is 62.9 cm³/mol. The molecule has 0 atom stereocenters. The molecular formula is C12H25NO2. The van der Waals surface area contributed by atoms with Crippen molar-refractivity contribution in [2.45, 2.75) is 53.1 Å². The van der Waals surface area contributed by atoms with Gasteiger partial charge in [-0.2, -0.15) is 0 Å². The van der Waals surface area contributed by atoms with E-state index in [0.29, 0.717) is 13.0 Å². The van der Waals surface area contributed by atoms with Crippen LogP contribution in [0.3, 0.4) is 0 Å². The Hall–Kier alpha value is -0.570. The summed E-state index contributed by atoms with van der Waals surface area (Å²) in [6.45, 7) is 12.3. The fraction of sp³-hybridized carbons (Fsp3) is 0.917. The van der Waals surface area contributed by atoms with E-state index < -0.39 is 0 Å². The van der Waals surface area contributed by atoms with Gasteiger partial charge in [0.15, 0.2) is 0 Å². The van der Waals surface area contributed by atoms with E-state index in [4.69, 9.17) is 4.74 Å². The fourth-order valence-electron chi connectivity index (χ4n) is 1.33. The zero-order valence-corrected chi connectivity index (χ0v) is 10.8. The Morgan fingerprint density at radius 3 is 2.27 bits per heavy atom. The van der Waals surface area contributed by atoms with Crippen molar-refractivity contribution in [1.82, 2.24) is 4.90 Å². The molecule has 90 valence electrons. The van der Waals surface area contributed by atoms with Gasteiger partial charge < -0.3 is 9.64 Å². The lowest BCUT2D eigenvalue weighted by Gasteiger charge is -2.22. The van der Waals surface area contributed by atoms with Gasteiger partial charge in [0.05, 0.1) is 18.6 Å². The molecule has 0 N–H and O–H groups in total. The first-order chi connectivity index (χ1) is 6.90. The Labute approximate surface area is 93.8 Å². The van der Waals surface area contributed by atoms with Gasteiger partial charge in [-0.3, -0.25) is 4.79 Å². The SMILES string of the molecule is CCCN(CC)C(=O)CCOC(C)(C)C. The number of hydrogen-bond donors (Lipinski definition) is 0. The Bertz CT molecular complexity index is 185. The largest absolute Gasteiger partial charge is 0.375 e. The monoisotopic (exact) mass is 215 g/mol. The van der Waals surface area contributed by atoms with Crippen LogP contribution in [-0.2, 0) is 9.53 Å². The maximum atomic E-state index is 11.7. The van der Waals surface area contributed by atoms with Crippen LogP contribution in [-0.4, -0.2) is 36.1 Å². The standard InChI is InChI=1S/C12H25NO2/c1-6-9-13(7-2)11(14)8-10-15-12(3,4)5/h6-10H2,1-5H3. The van der Waals surface area contributed by atoms with Crippen LogP contribution in [0.5, 0.6) is 0 Å². The van der Waals surface area contributed by atoms with Gasteiger partial charge in [-0.1, -0.05) is 6.92 Å². The number of ether oxygens (including phenoxy) is 1. The van der Waals surface area contributed by atoms with E-state index in [1.54, 1.807) is 0 Å². The van der Waals surface area contributed by atoms with Gasteiger partial charge >= 0.3 is 0 Å². The van der Waals surface area contributed by atoms with Crippen molar-refractivity contribution in [1.29, 1.82) is 0 Å². The van der Waals surface area contributed by atoms with Gasteiger partial charge in [-0.25, -0.2) is 0 Å². The Morgan fingerprint density at radius 1 is 1.27 bits per heavy atom. The lowest BCUT2D eigenvalue weighted by Crippen LogP contribution is -2.33. The molecule has 0 saturated heterocycles. The quantitative estimate of drug-likeness (QED) is 0.681. The van der Waals surface area contributed by atoms with Crippen molar-refractivity contribution in [3.05, 3.63) is 0 Å². The summed E-state index contributed by atoms with van der Waals surface area (Å²) in [6, 6.07) is 0. The second kappa shape index (κ2) is 6.83. The maximum Gasteiger partial charge on any atom is 0.224 e. The number of rotatable bonds is 6. The third-order valence-electron chi connectivity index (χ3n) is 2.08. The molecule has 0 fully saturated rings. The van der Waals surface area contributed by atoms with Crippen molar-refractivity contribution >= 4 is 5.91 Å². The molecule has 0 saturated carbocycles. The number of carbonyl (C=O) groups is 1. The van der Waals surface area contributed by atoms with E-state index in [1.807, 2.05) is 32.6 Å². The second-order valence-electron chi connectivity index (χ2n) is 4.68. The zero-order valence-electron chi connectivity index (χ0n) is 10.8. The first-order valence-corrected chi connectivity index (χ1v) is 5.82. The van der Waals surface area contributed by atoms with Crippen LogP contribution in [0.4, 0.5) is 0 Å². The minimum atomic E-state index is -0.151. The molecule has 0 aromatic heterocycles. The summed E-state index contributed by atoms with van der Waals surface area (Å²) in [5.74, 6) is 0.198. The van der Waals surface area contributed by atoms with Crippen molar-refractivity contribution in [3.63, 3.8) is 0 Å². The summed E-state index contributed by atoms with van der Waals surface area (Å²) in [6.07, 6.45) is 1.50. The molecule has 0 aliphatic heterocycles. The molecule has 3 nitrogen and oxygen atoms in total. The van der Waals surface area contributed by atoms with E-state index in [9.17, 15) is 4.79 Å². The normalized spacial score (nSPS) is 11.5. The van der Waals surface area contributed by atoms with Crippen molar-refractivity contribution < 1.29 is 9.53 Å². The Kier molecular flexibility index (Phi) is 6.57. The van der Waals surface area contributed by atoms with Crippen LogP contribution in [0, 0.1) is 0 Å². The van der Waals surface area contributed by atoms with Crippen molar-refractivity contribution in [2.75, 3.05) is 19.7 Å². The summed E-state index contributed by atoms with van der Waals surface area (Å²) in [7, 11) is 0. The number of nitrogens with zero attached hydrogens (tertiary/aromatic N) is 1. The highest BCUT2D eigenvalue weighted by atomic mass is 16.5. The van der Waals surface area contributed by atoms with Crippen molar-refractivity contribution in [3.8, 4) is 0 Å². The summed E-state index contributed by atoms with van der Waals surface area (Å²) < 4.78 is 5.53. The molecule has 1 amide bonds. The molecule has 0 aliphatic carbocycles. The number of hydrogen-bond acceptors (Lipinski definition) is 2. The molecule has 0 radical (unpaired) electrons. The molecule has 0 heterocycles. The lowest BCUT2D eigenvalue weighted by atomic mass is 10.2. The second-order valence-corrected chi connectivity index (χ2v) is 4.68. The van der Waals surface area contributed by atoms with Gasteiger partial charge in [0.25, 0.3) is 0 Å². The van der Waals surface area contributed by atoms with E-state index in [2.05, 4.69) is 6.92 Å². The molecule has 0 aromatic rings. The molecule has 0 aromatic carbocycles. The van der Waals surface area contributed by atoms with Crippen LogP contribution < -0.4 is 0 Å². The average molecular weight is 215 g/mol. The van der Waals surface area contributed by atoms with E-state index in [1.165, 1.54) is 0 Å². The predicted octanol–water partition coefficient (Wildman–Crippen LogP) is 2.45. The summed E-state index contributed by atoms with van der Waals surface area (Å²) >= 11 is 0. The summed E-state index contributed by atoms with van der Waals surface area (Å²) in [5.41, 5.74) is -0.151. The topological polar surface area (TPSA) is 29.5 Å². The van der Waals surface area contributed by atoms with E-state index >= 15 is 0 Å². The molecule has 3 heteroatoms. The molecular weight excluding hydrogens is 190 g/mol. The molecule has 15 heavy (non-hydrogen) atoms. The van der Waals surface area contributed by atoms with Gasteiger partial charge in [0, 0.05) is 13.1 Å². The Balaban J connectivity index is 3.81. The van der Waals surface area contributed by atoms with E-state index in [0.717, 1.165) is 19.5 Å². The third-order valence-corrected chi connectivity index (χ3v) is 2.08. The van der Waals surface area contributed by atoms with Crippen molar-refractivity contribution in [2.24, 2.45) is 0 Å². The summed E-state index contributed by atoms with van der Waals surface area (Å²) in [4.78, 5) is 13.6. The smallest absolute Gasteiger partial charge is 0.224 e. The highest BCUT2D eigenvalue weighted by Gasteiger charge is 2.13. The third kappa shape index (κ3) is 7.37. The van der Waals surface area contributed by atoms with E-state index in [-0.39, 0.29) is 11.5 Å². The molecule has 0 aliphatic rings. The first-order valence-electron chi connectivity index (χ1n) is 5.82. The molecule has 0 spiro atoms. The van der Waals surface area contributed by atoms with Crippen LogP contribution in [0.2, 0.25) is 0 Å². The maximum absolute atomic E-state index is 11.7. The lowest BCUT2D eigenvalue weighted by molar-refractivity contribution is -0.133. The minimum Gasteiger partial charge on any atom is -0.375 e. The Morgan fingerprint density at radius 2 is 1.87 bits per heavy atom.